The summed E-state index contributed by atoms with van der Waals surface area (Å²) >= 11 is 2.97. The molecule has 0 radical (unpaired) electrons. The zero-order valence-electron chi connectivity index (χ0n) is 13.5. The standard InChI is InChI=1S/C17H16FN3O2S2/c1-17-7-6-14(22)21(17)13(9-25-17)15(23)20-16-19-12(8-24-16)10-2-4-11(18)5-3-10/h2-5,8,13H,6-7,9H2,1H3,(H,19,20,23)/t13-,17+/m1/s1. The van der Waals surface area contributed by atoms with Gasteiger partial charge in [-0.25, -0.2) is 9.37 Å². The number of thiazole rings is 1. The van der Waals surface area contributed by atoms with E-state index in [0.29, 0.717) is 23.0 Å². The zero-order valence-corrected chi connectivity index (χ0v) is 15.1. The van der Waals surface area contributed by atoms with Crippen LogP contribution in [0, 0.1) is 5.82 Å². The van der Waals surface area contributed by atoms with Crippen LogP contribution in [-0.2, 0) is 9.59 Å². The second-order valence-electron chi connectivity index (χ2n) is 6.30. The fourth-order valence-corrected chi connectivity index (χ4v) is 5.44. The molecule has 1 N–H and O–H groups in total. The molecule has 1 aromatic carbocycles. The normalized spacial score (nSPS) is 25.3. The molecule has 0 unspecified atom stereocenters. The van der Waals surface area contributed by atoms with Crippen molar-refractivity contribution in [2.75, 3.05) is 11.1 Å². The molecule has 2 atom stereocenters. The minimum Gasteiger partial charge on any atom is -0.315 e. The third-order valence-electron chi connectivity index (χ3n) is 4.62. The Morgan fingerprint density at radius 1 is 1.40 bits per heavy atom. The molecule has 1 aromatic heterocycles. The van der Waals surface area contributed by atoms with E-state index in [1.807, 2.05) is 12.3 Å². The Labute approximate surface area is 152 Å². The van der Waals surface area contributed by atoms with Crippen molar-refractivity contribution in [2.24, 2.45) is 0 Å². The Kier molecular flexibility index (Phi) is 4.04. The lowest BCUT2D eigenvalue weighted by atomic mass is 10.2. The minimum atomic E-state index is -0.455. The molecule has 25 heavy (non-hydrogen) atoms. The summed E-state index contributed by atoms with van der Waals surface area (Å²) in [7, 11) is 0. The highest BCUT2D eigenvalue weighted by atomic mass is 32.2. The van der Waals surface area contributed by atoms with Gasteiger partial charge in [0.15, 0.2) is 5.13 Å². The lowest BCUT2D eigenvalue weighted by molar-refractivity contribution is -0.135. The van der Waals surface area contributed by atoms with E-state index < -0.39 is 6.04 Å². The van der Waals surface area contributed by atoms with E-state index in [1.54, 1.807) is 28.8 Å². The highest BCUT2D eigenvalue weighted by Crippen LogP contribution is 2.47. The van der Waals surface area contributed by atoms with Crippen LogP contribution in [0.2, 0.25) is 0 Å². The summed E-state index contributed by atoms with van der Waals surface area (Å²) in [5.74, 6) is 0.138. The Bertz CT molecular complexity index is 839. The van der Waals surface area contributed by atoms with Crippen LogP contribution in [0.4, 0.5) is 9.52 Å². The van der Waals surface area contributed by atoms with Gasteiger partial charge in [-0.05, 0) is 37.6 Å². The molecule has 3 heterocycles. The summed E-state index contributed by atoms with van der Waals surface area (Å²) in [6, 6.07) is 5.60. The maximum absolute atomic E-state index is 13.0. The molecular formula is C17H16FN3O2S2. The Balaban J connectivity index is 1.49. The fourth-order valence-electron chi connectivity index (χ4n) is 3.29. The molecule has 5 nitrogen and oxygen atoms in total. The van der Waals surface area contributed by atoms with Gasteiger partial charge in [0.05, 0.1) is 10.6 Å². The van der Waals surface area contributed by atoms with Crippen molar-refractivity contribution in [1.82, 2.24) is 9.88 Å². The second-order valence-corrected chi connectivity index (χ2v) is 8.66. The van der Waals surface area contributed by atoms with Crippen molar-refractivity contribution < 1.29 is 14.0 Å². The molecule has 2 aromatic rings. The van der Waals surface area contributed by atoms with Crippen LogP contribution in [0.1, 0.15) is 19.8 Å². The average Bonchev–Trinajstić information content (AvgIpc) is 3.25. The number of benzene rings is 1. The van der Waals surface area contributed by atoms with E-state index in [4.69, 9.17) is 0 Å². The third kappa shape index (κ3) is 2.93. The second kappa shape index (κ2) is 6.10. The first-order valence-electron chi connectivity index (χ1n) is 7.95. The molecule has 2 aliphatic heterocycles. The van der Waals surface area contributed by atoms with Crippen LogP contribution in [0.25, 0.3) is 11.3 Å². The molecule has 2 fully saturated rings. The minimum absolute atomic E-state index is 0.0405. The van der Waals surface area contributed by atoms with E-state index in [9.17, 15) is 14.0 Å². The molecule has 2 aliphatic rings. The summed E-state index contributed by atoms with van der Waals surface area (Å²) in [4.78, 5) is 30.6. The number of fused-ring (bicyclic) bond motifs is 1. The number of hydrogen-bond donors (Lipinski definition) is 1. The van der Waals surface area contributed by atoms with E-state index in [1.165, 1.54) is 23.5 Å². The van der Waals surface area contributed by atoms with Gasteiger partial charge in [0.1, 0.15) is 11.9 Å². The first kappa shape index (κ1) is 16.5. The van der Waals surface area contributed by atoms with Crippen molar-refractivity contribution in [3.05, 3.63) is 35.5 Å². The lowest BCUT2D eigenvalue weighted by Gasteiger charge is -2.29. The van der Waals surface area contributed by atoms with Crippen molar-refractivity contribution in [3.8, 4) is 11.3 Å². The number of nitrogens with zero attached hydrogens (tertiary/aromatic N) is 2. The molecule has 4 rings (SSSR count). The van der Waals surface area contributed by atoms with Gasteiger partial charge in [-0.1, -0.05) is 0 Å². The van der Waals surface area contributed by atoms with Crippen LogP contribution in [0.3, 0.4) is 0 Å². The number of amides is 2. The SMILES string of the molecule is C[C@]12CCC(=O)N1[C@@H](C(=O)Nc1nc(-c3ccc(F)cc3)cs1)CS2. The first-order valence-corrected chi connectivity index (χ1v) is 9.81. The van der Waals surface area contributed by atoms with Gasteiger partial charge in [0.25, 0.3) is 0 Å². The molecular weight excluding hydrogens is 361 g/mol. The van der Waals surface area contributed by atoms with Crippen molar-refractivity contribution >= 4 is 40.0 Å². The van der Waals surface area contributed by atoms with Crippen LogP contribution < -0.4 is 5.32 Å². The highest BCUT2D eigenvalue weighted by Gasteiger charge is 2.52. The van der Waals surface area contributed by atoms with Crippen LogP contribution in [-0.4, -0.2) is 38.4 Å². The third-order valence-corrected chi connectivity index (χ3v) is 6.88. The van der Waals surface area contributed by atoms with Gasteiger partial charge in [-0.15, -0.1) is 23.1 Å². The van der Waals surface area contributed by atoms with Gasteiger partial charge in [0, 0.05) is 23.1 Å². The summed E-state index contributed by atoms with van der Waals surface area (Å²) in [6.07, 6.45) is 1.28. The number of thioether (sulfide) groups is 1. The molecule has 0 spiro atoms. The monoisotopic (exact) mass is 377 g/mol. The topological polar surface area (TPSA) is 62.3 Å². The number of hydrogen-bond acceptors (Lipinski definition) is 5. The summed E-state index contributed by atoms with van der Waals surface area (Å²) in [6.45, 7) is 2.02. The van der Waals surface area contributed by atoms with Crippen LogP contribution in [0.15, 0.2) is 29.6 Å². The number of aromatic nitrogens is 1. The van der Waals surface area contributed by atoms with Gasteiger partial charge >= 0.3 is 0 Å². The largest absolute Gasteiger partial charge is 0.315 e. The van der Waals surface area contributed by atoms with Gasteiger partial charge in [-0.3, -0.25) is 9.59 Å². The van der Waals surface area contributed by atoms with Crippen molar-refractivity contribution in [3.63, 3.8) is 0 Å². The lowest BCUT2D eigenvalue weighted by Crippen LogP contribution is -2.48. The van der Waals surface area contributed by atoms with Crippen LogP contribution in [0.5, 0.6) is 0 Å². The predicted octanol–water partition coefficient (Wildman–Crippen LogP) is 3.34. The number of rotatable bonds is 3. The number of carbonyl (C=O) groups excluding carboxylic acids is 2. The summed E-state index contributed by atoms with van der Waals surface area (Å²) < 4.78 is 13.0. The number of nitrogens with one attached hydrogen (secondary N) is 1. The molecule has 0 saturated carbocycles. The molecule has 2 amide bonds. The predicted molar refractivity (Wildman–Crippen MR) is 96.9 cm³/mol. The van der Waals surface area contributed by atoms with Crippen molar-refractivity contribution in [1.29, 1.82) is 0 Å². The van der Waals surface area contributed by atoms with Gasteiger partial charge < -0.3 is 10.2 Å². The van der Waals surface area contributed by atoms with E-state index in [2.05, 4.69) is 10.3 Å². The number of halogens is 1. The Morgan fingerprint density at radius 2 is 2.16 bits per heavy atom. The van der Waals surface area contributed by atoms with Crippen molar-refractivity contribution in [2.45, 2.75) is 30.7 Å². The van der Waals surface area contributed by atoms with Crippen LogP contribution >= 0.6 is 23.1 Å². The Morgan fingerprint density at radius 3 is 2.92 bits per heavy atom. The van der Waals surface area contributed by atoms with Gasteiger partial charge in [-0.2, -0.15) is 0 Å². The smallest absolute Gasteiger partial charge is 0.249 e. The average molecular weight is 377 g/mol. The Hall–Kier alpha value is -1.93. The molecule has 8 heteroatoms. The number of anilines is 1. The highest BCUT2D eigenvalue weighted by molar-refractivity contribution is 8.01. The molecule has 2 saturated heterocycles. The molecule has 0 bridgehead atoms. The maximum atomic E-state index is 13.0. The van der Waals surface area contributed by atoms with Gasteiger partial charge in [0.2, 0.25) is 11.8 Å². The maximum Gasteiger partial charge on any atom is 0.249 e. The number of carbonyl (C=O) groups is 2. The van der Waals surface area contributed by atoms with E-state index in [0.717, 1.165) is 12.0 Å². The summed E-state index contributed by atoms with van der Waals surface area (Å²) in [5, 5.41) is 5.12. The fraction of sp³-hybridized carbons (Fsp3) is 0.353. The van der Waals surface area contributed by atoms with E-state index >= 15 is 0 Å². The quantitative estimate of drug-likeness (QED) is 0.891. The molecule has 130 valence electrons. The van der Waals surface area contributed by atoms with E-state index in [-0.39, 0.29) is 22.5 Å². The summed E-state index contributed by atoms with van der Waals surface area (Å²) in [5.41, 5.74) is 1.47. The zero-order chi connectivity index (χ0) is 17.6. The first-order chi connectivity index (χ1) is 12.0. The molecule has 0 aliphatic carbocycles.